The van der Waals surface area contributed by atoms with Crippen LogP contribution in [0.15, 0.2) is 27.1 Å². The quantitative estimate of drug-likeness (QED) is 0.868. The standard InChI is InChI=1S/C12H14Br2N2O/c1-7(8-5-15-6-8)12(17)16-11-4-9(13)2-3-10(11)14/h2-4,7-8,15H,5-6H2,1H3,(H,16,17). The van der Waals surface area contributed by atoms with Crippen LogP contribution >= 0.6 is 31.9 Å². The molecule has 1 saturated heterocycles. The summed E-state index contributed by atoms with van der Waals surface area (Å²) < 4.78 is 1.85. The van der Waals surface area contributed by atoms with Crippen molar-refractivity contribution in [3.63, 3.8) is 0 Å². The summed E-state index contributed by atoms with van der Waals surface area (Å²) >= 11 is 6.82. The molecule has 2 rings (SSSR count). The van der Waals surface area contributed by atoms with Crippen LogP contribution < -0.4 is 10.6 Å². The summed E-state index contributed by atoms with van der Waals surface area (Å²) in [4.78, 5) is 12.0. The van der Waals surface area contributed by atoms with Gasteiger partial charge >= 0.3 is 0 Å². The van der Waals surface area contributed by atoms with Gasteiger partial charge in [0.1, 0.15) is 0 Å². The average molecular weight is 362 g/mol. The molecule has 0 aromatic heterocycles. The molecule has 0 radical (unpaired) electrons. The van der Waals surface area contributed by atoms with Gasteiger partial charge in [-0.1, -0.05) is 22.9 Å². The first kappa shape index (κ1) is 13.1. The molecular weight excluding hydrogens is 348 g/mol. The maximum absolute atomic E-state index is 12.0. The van der Waals surface area contributed by atoms with Crippen molar-refractivity contribution >= 4 is 43.5 Å². The summed E-state index contributed by atoms with van der Waals surface area (Å²) in [5.74, 6) is 0.582. The molecule has 2 N–H and O–H groups in total. The SMILES string of the molecule is CC(C(=O)Nc1cc(Br)ccc1Br)C1CNC1. The van der Waals surface area contributed by atoms with Gasteiger partial charge < -0.3 is 10.6 Å². The highest BCUT2D eigenvalue weighted by Gasteiger charge is 2.28. The monoisotopic (exact) mass is 360 g/mol. The van der Waals surface area contributed by atoms with Gasteiger partial charge in [-0.15, -0.1) is 0 Å². The Hall–Kier alpha value is -0.390. The number of amides is 1. The summed E-state index contributed by atoms with van der Waals surface area (Å²) in [6.45, 7) is 3.86. The number of carbonyl (C=O) groups is 1. The maximum atomic E-state index is 12.0. The van der Waals surface area contributed by atoms with E-state index in [1.54, 1.807) is 0 Å². The number of hydrogen-bond acceptors (Lipinski definition) is 2. The fraction of sp³-hybridized carbons (Fsp3) is 0.417. The molecule has 0 bridgehead atoms. The summed E-state index contributed by atoms with van der Waals surface area (Å²) in [6.07, 6.45) is 0. The van der Waals surface area contributed by atoms with E-state index in [0.717, 1.165) is 27.7 Å². The van der Waals surface area contributed by atoms with Crippen LogP contribution in [-0.4, -0.2) is 19.0 Å². The van der Waals surface area contributed by atoms with Crippen molar-refractivity contribution in [1.29, 1.82) is 0 Å². The van der Waals surface area contributed by atoms with E-state index in [2.05, 4.69) is 42.5 Å². The topological polar surface area (TPSA) is 41.1 Å². The van der Waals surface area contributed by atoms with E-state index in [9.17, 15) is 4.79 Å². The molecule has 1 unspecified atom stereocenters. The molecule has 1 fully saturated rings. The molecule has 1 aromatic carbocycles. The first-order valence-corrected chi connectivity index (χ1v) is 7.13. The van der Waals surface area contributed by atoms with Crippen LogP contribution in [0.5, 0.6) is 0 Å². The summed E-state index contributed by atoms with van der Waals surface area (Å²) in [6, 6.07) is 5.74. The van der Waals surface area contributed by atoms with Gasteiger partial charge in [0.05, 0.1) is 5.69 Å². The highest BCUT2D eigenvalue weighted by atomic mass is 79.9. The molecule has 0 saturated carbocycles. The predicted octanol–water partition coefficient (Wildman–Crippen LogP) is 3.01. The zero-order valence-corrected chi connectivity index (χ0v) is 12.6. The van der Waals surface area contributed by atoms with Crippen molar-refractivity contribution in [2.24, 2.45) is 11.8 Å². The molecule has 1 aromatic rings. The molecule has 0 spiro atoms. The number of benzene rings is 1. The number of hydrogen-bond donors (Lipinski definition) is 2. The third kappa shape index (κ3) is 3.09. The van der Waals surface area contributed by atoms with Crippen LogP contribution in [0.3, 0.4) is 0 Å². The summed E-state index contributed by atoms with van der Waals surface area (Å²) in [7, 11) is 0. The van der Waals surface area contributed by atoms with Crippen LogP contribution in [0.2, 0.25) is 0 Å². The Kier molecular flexibility index (Phi) is 4.22. The Labute approximate surface area is 118 Å². The van der Waals surface area contributed by atoms with E-state index in [-0.39, 0.29) is 11.8 Å². The second kappa shape index (κ2) is 5.50. The number of halogens is 2. The van der Waals surface area contributed by atoms with Gasteiger partial charge in [-0.2, -0.15) is 0 Å². The zero-order chi connectivity index (χ0) is 12.4. The lowest BCUT2D eigenvalue weighted by atomic mass is 9.88. The molecular formula is C12H14Br2N2O. The van der Waals surface area contributed by atoms with Gasteiger partial charge in [0.25, 0.3) is 0 Å². The largest absolute Gasteiger partial charge is 0.325 e. The smallest absolute Gasteiger partial charge is 0.227 e. The third-order valence-corrected chi connectivity index (χ3v) is 4.30. The number of anilines is 1. The van der Waals surface area contributed by atoms with E-state index < -0.39 is 0 Å². The number of nitrogens with one attached hydrogen (secondary N) is 2. The molecule has 3 nitrogen and oxygen atoms in total. The molecule has 1 amide bonds. The lowest BCUT2D eigenvalue weighted by Gasteiger charge is -2.31. The number of carbonyl (C=O) groups excluding carboxylic acids is 1. The Morgan fingerprint density at radius 2 is 2.18 bits per heavy atom. The maximum Gasteiger partial charge on any atom is 0.227 e. The fourth-order valence-corrected chi connectivity index (χ4v) is 2.43. The van der Waals surface area contributed by atoms with Crippen molar-refractivity contribution in [3.8, 4) is 0 Å². The molecule has 1 atom stereocenters. The molecule has 1 aliphatic heterocycles. The first-order valence-electron chi connectivity index (χ1n) is 5.54. The molecule has 92 valence electrons. The van der Waals surface area contributed by atoms with Crippen molar-refractivity contribution in [2.45, 2.75) is 6.92 Å². The summed E-state index contributed by atoms with van der Waals surface area (Å²) in [5, 5.41) is 6.14. The predicted molar refractivity (Wildman–Crippen MR) is 76.0 cm³/mol. The minimum absolute atomic E-state index is 0.0436. The minimum atomic E-state index is 0.0436. The Morgan fingerprint density at radius 1 is 1.47 bits per heavy atom. The van der Waals surface area contributed by atoms with Crippen LogP contribution in [-0.2, 0) is 4.79 Å². The Balaban J connectivity index is 2.04. The van der Waals surface area contributed by atoms with Gasteiger partial charge in [-0.05, 0) is 53.1 Å². The van der Waals surface area contributed by atoms with Crippen molar-refractivity contribution in [1.82, 2.24) is 5.32 Å². The number of rotatable bonds is 3. The summed E-state index contributed by atoms with van der Waals surface area (Å²) in [5.41, 5.74) is 0.809. The van der Waals surface area contributed by atoms with Gasteiger partial charge in [0.15, 0.2) is 0 Å². The van der Waals surface area contributed by atoms with E-state index in [1.807, 2.05) is 25.1 Å². The van der Waals surface area contributed by atoms with Crippen molar-refractivity contribution < 1.29 is 4.79 Å². The second-order valence-electron chi connectivity index (χ2n) is 4.32. The first-order chi connectivity index (χ1) is 8.08. The fourth-order valence-electron chi connectivity index (χ4n) is 1.72. The normalized spacial score (nSPS) is 17.4. The molecule has 1 heterocycles. The van der Waals surface area contributed by atoms with E-state index in [0.29, 0.717) is 5.92 Å². The van der Waals surface area contributed by atoms with Crippen LogP contribution in [0.4, 0.5) is 5.69 Å². The van der Waals surface area contributed by atoms with E-state index in [4.69, 9.17) is 0 Å². The molecule has 5 heteroatoms. The molecule has 17 heavy (non-hydrogen) atoms. The van der Waals surface area contributed by atoms with Crippen molar-refractivity contribution in [2.75, 3.05) is 18.4 Å². The Bertz CT molecular complexity index is 433. The lowest BCUT2D eigenvalue weighted by molar-refractivity contribution is -0.121. The van der Waals surface area contributed by atoms with Gasteiger partial charge in [0.2, 0.25) is 5.91 Å². The van der Waals surface area contributed by atoms with Crippen LogP contribution in [0, 0.1) is 11.8 Å². The van der Waals surface area contributed by atoms with Gasteiger partial charge in [-0.25, -0.2) is 0 Å². The van der Waals surface area contributed by atoms with E-state index in [1.165, 1.54) is 0 Å². The van der Waals surface area contributed by atoms with Crippen LogP contribution in [0.1, 0.15) is 6.92 Å². The Morgan fingerprint density at radius 3 is 2.76 bits per heavy atom. The lowest BCUT2D eigenvalue weighted by Crippen LogP contribution is -2.48. The minimum Gasteiger partial charge on any atom is -0.325 e. The third-order valence-electron chi connectivity index (χ3n) is 3.12. The van der Waals surface area contributed by atoms with Crippen LogP contribution in [0.25, 0.3) is 0 Å². The average Bonchev–Trinajstić information content (AvgIpc) is 2.21. The van der Waals surface area contributed by atoms with Gasteiger partial charge in [0, 0.05) is 14.9 Å². The van der Waals surface area contributed by atoms with Crippen molar-refractivity contribution in [3.05, 3.63) is 27.1 Å². The highest BCUT2D eigenvalue weighted by Crippen LogP contribution is 2.27. The molecule has 0 aliphatic carbocycles. The van der Waals surface area contributed by atoms with Gasteiger partial charge in [-0.3, -0.25) is 4.79 Å². The zero-order valence-electron chi connectivity index (χ0n) is 9.47. The van der Waals surface area contributed by atoms with E-state index >= 15 is 0 Å². The highest BCUT2D eigenvalue weighted by molar-refractivity contribution is 9.11. The second-order valence-corrected chi connectivity index (χ2v) is 6.09. The molecule has 1 aliphatic rings.